The van der Waals surface area contributed by atoms with E-state index in [0.29, 0.717) is 5.69 Å². The topological polar surface area (TPSA) is 31.4 Å². The van der Waals surface area contributed by atoms with Crippen LogP contribution in [-0.4, -0.2) is 0 Å². The Balaban J connectivity index is 2.10. The second kappa shape index (κ2) is 5.89. The van der Waals surface area contributed by atoms with Gasteiger partial charge in [-0.25, -0.2) is 0 Å². The van der Waals surface area contributed by atoms with Crippen LogP contribution in [0.1, 0.15) is 0 Å². The lowest BCUT2D eigenvalue weighted by Gasteiger charge is -2.24. The molecule has 3 nitrogen and oxygen atoms in total. The Kier molecular flexibility index (Phi) is 3.62. The van der Waals surface area contributed by atoms with Crippen molar-refractivity contribution in [2.45, 2.75) is 0 Å². The second-order valence-electron chi connectivity index (χ2n) is 4.62. The van der Waals surface area contributed by atoms with Crippen LogP contribution >= 0.6 is 0 Å². The lowest BCUT2D eigenvalue weighted by atomic mass is 10.2. The van der Waals surface area contributed by atoms with E-state index < -0.39 is 0 Å². The molecule has 0 radical (unpaired) electrons. The van der Waals surface area contributed by atoms with Gasteiger partial charge in [0.25, 0.3) is 0 Å². The summed E-state index contributed by atoms with van der Waals surface area (Å²) in [6.45, 7) is 0. The first kappa shape index (κ1) is 12.9. The molecule has 21 heavy (non-hydrogen) atoms. The van der Waals surface area contributed by atoms with Crippen molar-refractivity contribution in [1.29, 1.82) is 5.39 Å². The third-order valence-electron chi connectivity index (χ3n) is 3.25. The fourth-order valence-corrected chi connectivity index (χ4v) is 2.27. The van der Waals surface area contributed by atoms with Crippen LogP contribution in [0.4, 0.5) is 22.7 Å². The van der Waals surface area contributed by atoms with Crippen molar-refractivity contribution in [3.63, 3.8) is 0 Å². The highest BCUT2D eigenvalue weighted by molar-refractivity contribution is 5.77. The van der Waals surface area contributed by atoms with Crippen LogP contribution in [0.2, 0.25) is 0 Å². The molecule has 0 aliphatic rings. The van der Waals surface area contributed by atoms with E-state index in [4.69, 9.17) is 5.39 Å². The molecule has 3 aromatic rings. The highest BCUT2D eigenvalue weighted by Crippen LogP contribution is 2.34. The maximum Gasteiger partial charge on any atom is 0.385 e. The molecule has 3 heteroatoms. The standard InChI is InChI=1S/C18H14N3/c19-20-15-11-13-18(14-12-15)21(16-7-3-1-4-8-16)17-9-5-2-6-10-17/h1-14H/q+1. The number of rotatable bonds is 3. The summed E-state index contributed by atoms with van der Waals surface area (Å²) in [6.07, 6.45) is 0. The third-order valence-corrected chi connectivity index (χ3v) is 3.25. The Morgan fingerprint density at radius 1 is 0.571 bits per heavy atom. The maximum atomic E-state index is 8.81. The number of diazo groups is 1. The Labute approximate surface area is 123 Å². The highest BCUT2D eigenvalue weighted by atomic mass is 15.1. The molecule has 0 amide bonds. The molecule has 0 aliphatic carbocycles. The normalized spacial score (nSPS) is 9.86. The molecule has 0 unspecified atom stereocenters. The van der Waals surface area contributed by atoms with Gasteiger partial charge in [0.2, 0.25) is 5.39 Å². The average molecular weight is 272 g/mol. The number of hydrogen-bond acceptors (Lipinski definition) is 2. The first-order chi connectivity index (χ1) is 10.4. The predicted octanol–water partition coefficient (Wildman–Crippen LogP) is 5.64. The van der Waals surface area contributed by atoms with Crippen LogP contribution in [0, 0.1) is 5.39 Å². The van der Waals surface area contributed by atoms with Crippen LogP contribution in [-0.2, 0) is 0 Å². The van der Waals surface area contributed by atoms with E-state index >= 15 is 0 Å². The predicted molar refractivity (Wildman–Crippen MR) is 85.9 cm³/mol. The van der Waals surface area contributed by atoms with Crippen LogP contribution in [0.3, 0.4) is 0 Å². The molecular weight excluding hydrogens is 258 g/mol. The van der Waals surface area contributed by atoms with Gasteiger partial charge in [0.15, 0.2) is 4.98 Å². The Hall–Kier alpha value is -3.12. The van der Waals surface area contributed by atoms with Crippen LogP contribution in [0.15, 0.2) is 84.9 Å². The summed E-state index contributed by atoms with van der Waals surface area (Å²) in [7, 11) is 0. The zero-order chi connectivity index (χ0) is 14.5. The van der Waals surface area contributed by atoms with Crippen molar-refractivity contribution in [2.24, 2.45) is 0 Å². The molecule has 0 saturated carbocycles. The van der Waals surface area contributed by atoms with Crippen molar-refractivity contribution in [3.05, 3.63) is 89.9 Å². The zero-order valence-electron chi connectivity index (χ0n) is 11.4. The largest absolute Gasteiger partial charge is 0.385 e. The zero-order valence-corrected chi connectivity index (χ0v) is 11.4. The van der Waals surface area contributed by atoms with Gasteiger partial charge in [-0.1, -0.05) is 36.4 Å². The molecule has 0 aliphatic heterocycles. The van der Waals surface area contributed by atoms with Gasteiger partial charge in [0, 0.05) is 29.2 Å². The molecule has 100 valence electrons. The maximum absolute atomic E-state index is 8.81. The van der Waals surface area contributed by atoms with Gasteiger partial charge >= 0.3 is 5.69 Å². The van der Waals surface area contributed by atoms with Gasteiger partial charge in [-0.2, -0.15) is 0 Å². The number of hydrogen-bond donors (Lipinski definition) is 0. The van der Waals surface area contributed by atoms with Gasteiger partial charge in [0.1, 0.15) is 0 Å². The van der Waals surface area contributed by atoms with Crippen molar-refractivity contribution in [3.8, 4) is 0 Å². The molecule has 0 aromatic heterocycles. The lowest BCUT2D eigenvalue weighted by Crippen LogP contribution is -2.09. The SMILES string of the molecule is N#[N+]c1ccc(N(c2ccccc2)c2ccccc2)cc1. The molecule has 0 fully saturated rings. The molecule has 0 saturated heterocycles. The average Bonchev–Trinajstić information content (AvgIpc) is 2.58. The minimum Gasteiger partial charge on any atom is -0.310 e. The molecular formula is C18H14N3+. The number of anilines is 3. The van der Waals surface area contributed by atoms with Gasteiger partial charge in [-0.3, -0.25) is 0 Å². The van der Waals surface area contributed by atoms with E-state index in [1.807, 2.05) is 48.5 Å². The quantitative estimate of drug-likeness (QED) is 0.578. The molecule has 0 spiro atoms. The summed E-state index contributed by atoms with van der Waals surface area (Å²) in [5.41, 5.74) is 3.72. The summed E-state index contributed by atoms with van der Waals surface area (Å²) < 4.78 is 0. The molecule has 0 N–H and O–H groups in total. The van der Waals surface area contributed by atoms with Crippen molar-refractivity contribution in [1.82, 2.24) is 0 Å². The van der Waals surface area contributed by atoms with E-state index in [2.05, 4.69) is 34.1 Å². The molecule has 3 aromatic carbocycles. The van der Waals surface area contributed by atoms with E-state index in [9.17, 15) is 0 Å². The number of nitrogens with zero attached hydrogens (tertiary/aromatic N) is 3. The fourth-order valence-electron chi connectivity index (χ4n) is 2.27. The van der Waals surface area contributed by atoms with Crippen molar-refractivity contribution in [2.75, 3.05) is 4.90 Å². The van der Waals surface area contributed by atoms with Crippen molar-refractivity contribution >= 4 is 22.7 Å². The second-order valence-corrected chi connectivity index (χ2v) is 4.62. The summed E-state index contributed by atoms with van der Waals surface area (Å²) in [6, 6.07) is 27.8. The van der Waals surface area contributed by atoms with Gasteiger partial charge in [-0.15, -0.1) is 0 Å². The minimum absolute atomic E-state index is 0.542. The van der Waals surface area contributed by atoms with Crippen LogP contribution in [0.5, 0.6) is 0 Å². The summed E-state index contributed by atoms with van der Waals surface area (Å²) in [5.74, 6) is 0. The molecule has 3 rings (SSSR count). The summed E-state index contributed by atoms with van der Waals surface area (Å²) >= 11 is 0. The van der Waals surface area contributed by atoms with Gasteiger partial charge in [0.05, 0.1) is 0 Å². The molecule has 0 bridgehead atoms. The first-order valence-electron chi connectivity index (χ1n) is 6.74. The Morgan fingerprint density at radius 2 is 1.00 bits per heavy atom. The van der Waals surface area contributed by atoms with E-state index in [1.54, 1.807) is 12.1 Å². The Bertz CT molecular complexity index is 704. The monoisotopic (exact) mass is 272 g/mol. The minimum atomic E-state index is 0.542. The first-order valence-corrected chi connectivity index (χ1v) is 6.74. The van der Waals surface area contributed by atoms with E-state index in [-0.39, 0.29) is 0 Å². The van der Waals surface area contributed by atoms with Gasteiger partial charge < -0.3 is 4.90 Å². The molecule has 0 atom stereocenters. The van der Waals surface area contributed by atoms with Crippen LogP contribution < -0.4 is 4.90 Å². The lowest BCUT2D eigenvalue weighted by molar-refractivity contribution is 1.28. The summed E-state index contributed by atoms with van der Waals surface area (Å²) in [4.78, 5) is 5.35. The highest BCUT2D eigenvalue weighted by Gasteiger charge is 2.13. The molecule has 0 heterocycles. The van der Waals surface area contributed by atoms with Crippen LogP contribution in [0.25, 0.3) is 4.98 Å². The number of benzene rings is 3. The summed E-state index contributed by atoms with van der Waals surface area (Å²) in [5, 5.41) is 8.81. The smallest absolute Gasteiger partial charge is 0.310 e. The Morgan fingerprint density at radius 3 is 1.43 bits per heavy atom. The number of para-hydroxylation sites is 2. The fraction of sp³-hybridized carbons (Fsp3) is 0. The van der Waals surface area contributed by atoms with E-state index in [0.717, 1.165) is 17.1 Å². The van der Waals surface area contributed by atoms with Crippen molar-refractivity contribution < 1.29 is 0 Å². The van der Waals surface area contributed by atoms with E-state index in [1.165, 1.54) is 0 Å². The van der Waals surface area contributed by atoms with Gasteiger partial charge in [-0.05, 0) is 36.4 Å². The third kappa shape index (κ3) is 2.75.